The molecule has 0 spiro atoms. The van der Waals surface area contributed by atoms with Gasteiger partial charge in [0.1, 0.15) is 5.75 Å². The van der Waals surface area contributed by atoms with Crippen molar-refractivity contribution in [3.63, 3.8) is 0 Å². The molecule has 6 heteroatoms. The summed E-state index contributed by atoms with van der Waals surface area (Å²) in [6, 6.07) is 15.3. The first kappa shape index (κ1) is 17.6. The molecule has 5 nitrogen and oxygen atoms in total. The molecule has 1 saturated heterocycles. The lowest BCUT2D eigenvalue weighted by Crippen LogP contribution is -2.47. The fourth-order valence-corrected chi connectivity index (χ4v) is 4.33. The highest BCUT2D eigenvalue weighted by Gasteiger charge is 2.24. The number of nitrogens with zero attached hydrogens (tertiary/aromatic N) is 2. The summed E-state index contributed by atoms with van der Waals surface area (Å²) in [5, 5.41) is 0. The maximum Gasteiger partial charge on any atom is 0.180 e. The lowest BCUT2D eigenvalue weighted by atomic mass is 10.2. The third kappa shape index (κ3) is 3.58. The summed E-state index contributed by atoms with van der Waals surface area (Å²) >= 11 is 0. The Hall–Kier alpha value is -2.21. The average Bonchev–Trinajstić information content (AvgIpc) is 2.68. The summed E-state index contributed by atoms with van der Waals surface area (Å²) in [7, 11) is -1.55. The molecule has 134 valence electrons. The van der Waals surface area contributed by atoms with Crippen LogP contribution in [0.1, 0.15) is 6.92 Å². The molecule has 1 heterocycles. The number of ether oxygens (including phenoxy) is 1. The van der Waals surface area contributed by atoms with Gasteiger partial charge in [0.05, 0.1) is 29.1 Å². The predicted molar refractivity (Wildman–Crippen MR) is 102 cm³/mol. The van der Waals surface area contributed by atoms with E-state index >= 15 is 0 Å². The molecule has 0 unspecified atom stereocenters. The van der Waals surface area contributed by atoms with Gasteiger partial charge < -0.3 is 14.5 Å². The number of anilines is 2. The van der Waals surface area contributed by atoms with Gasteiger partial charge in [-0.25, -0.2) is 8.42 Å². The summed E-state index contributed by atoms with van der Waals surface area (Å²) < 4.78 is 30.2. The van der Waals surface area contributed by atoms with E-state index in [1.54, 1.807) is 26.2 Å². The molecule has 3 rings (SSSR count). The fourth-order valence-electron chi connectivity index (χ4n) is 3.22. The summed E-state index contributed by atoms with van der Waals surface area (Å²) in [6.07, 6.45) is 0. The van der Waals surface area contributed by atoms with Gasteiger partial charge in [0.2, 0.25) is 0 Å². The molecule has 0 radical (unpaired) electrons. The first-order chi connectivity index (χ1) is 12.1. The van der Waals surface area contributed by atoms with Crippen molar-refractivity contribution in [1.29, 1.82) is 0 Å². The van der Waals surface area contributed by atoms with Gasteiger partial charge in [-0.2, -0.15) is 0 Å². The van der Waals surface area contributed by atoms with E-state index in [4.69, 9.17) is 4.74 Å². The number of sulfone groups is 1. The summed E-state index contributed by atoms with van der Waals surface area (Å²) in [4.78, 5) is 4.88. The van der Waals surface area contributed by atoms with Crippen LogP contribution in [0, 0.1) is 0 Å². The second-order valence-corrected chi connectivity index (χ2v) is 8.26. The number of rotatable bonds is 5. The van der Waals surface area contributed by atoms with Crippen molar-refractivity contribution in [2.45, 2.75) is 11.8 Å². The van der Waals surface area contributed by atoms with Crippen molar-refractivity contribution in [2.24, 2.45) is 0 Å². The van der Waals surface area contributed by atoms with E-state index in [0.29, 0.717) is 4.90 Å². The Balaban J connectivity index is 1.80. The zero-order chi connectivity index (χ0) is 17.9. The van der Waals surface area contributed by atoms with Crippen molar-refractivity contribution in [3.05, 3.63) is 48.5 Å². The lowest BCUT2D eigenvalue weighted by molar-refractivity contribution is 0.413. The van der Waals surface area contributed by atoms with E-state index in [2.05, 4.69) is 15.9 Å². The second kappa shape index (κ2) is 7.35. The topological polar surface area (TPSA) is 49.9 Å². The zero-order valence-electron chi connectivity index (χ0n) is 14.7. The van der Waals surface area contributed by atoms with E-state index in [1.807, 2.05) is 30.3 Å². The minimum Gasteiger partial charge on any atom is -0.495 e. The van der Waals surface area contributed by atoms with Gasteiger partial charge in [-0.05, 0) is 24.3 Å². The first-order valence-electron chi connectivity index (χ1n) is 8.51. The van der Waals surface area contributed by atoms with Crippen LogP contribution in [0.3, 0.4) is 0 Å². The van der Waals surface area contributed by atoms with Gasteiger partial charge in [-0.3, -0.25) is 0 Å². The molecule has 0 aromatic heterocycles. The average molecular weight is 360 g/mol. The Bertz CT molecular complexity index is 828. The Morgan fingerprint density at radius 3 is 2.00 bits per heavy atom. The molecule has 0 saturated carbocycles. The van der Waals surface area contributed by atoms with Crippen LogP contribution in [0.25, 0.3) is 0 Å². The fraction of sp³-hybridized carbons (Fsp3) is 0.368. The van der Waals surface area contributed by atoms with Crippen LogP contribution in [0.2, 0.25) is 0 Å². The Kier molecular flexibility index (Phi) is 5.18. The molecule has 1 fully saturated rings. The summed E-state index contributed by atoms with van der Waals surface area (Å²) in [5.74, 6) is 0.982. The van der Waals surface area contributed by atoms with Crippen molar-refractivity contribution in [2.75, 3.05) is 48.8 Å². The normalized spacial score (nSPS) is 15.3. The number of para-hydroxylation sites is 3. The molecule has 0 amide bonds. The molecule has 0 bridgehead atoms. The Labute approximate surface area is 149 Å². The van der Waals surface area contributed by atoms with E-state index in [-0.39, 0.29) is 5.75 Å². The lowest BCUT2D eigenvalue weighted by Gasteiger charge is -2.38. The van der Waals surface area contributed by atoms with Crippen LogP contribution in [0.4, 0.5) is 11.4 Å². The highest BCUT2D eigenvalue weighted by Crippen LogP contribution is 2.31. The van der Waals surface area contributed by atoms with Crippen LogP contribution >= 0.6 is 0 Å². The van der Waals surface area contributed by atoms with Crippen LogP contribution < -0.4 is 14.5 Å². The Morgan fingerprint density at radius 1 is 0.880 bits per heavy atom. The first-order valence-corrected chi connectivity index (χ1v) is 10.2. The van der Waals surface area contributed by atoms with Gasteiger partial charge in [0.25, 0.3) is 0 Å². The highest BCUT2D eigenvalue weighted by molar-refractivity contribution is 7.91. The third-order valence-electron chi connectivity index (χ3n) is 4.63. The van der Waals surface area contributed by atoms with Crippen LogP contribution in [0.15, 0.2) is 53.4 Å². The Morgan fingerprint density at radius 2 is 1.40 bits per heavy atom. The minimum absolute atomic E-state index is 0.116. The zero-order valence-corrected chi connectivity index (χ0v) is 15.5. The quantitative estimate of drug-likeness (QED) is 0.821. The van der Waals surface area contributed by atoms with Crippen molar-refractivity contribution >= 4 is 21.2 Å². The standard InChI is InChI=1S/C19H24N2O3S/c1-3-25(22,23)19-11-7-5-9-17(19)21-14-12-20(13-15-21)16-8-4-6-10-18(16)24-2/h4-11H,3,12-15H2,1-2H3. The number of methoxy groups -OCH3 is 1. The van der Waals surface area contributed by atoms with Crippen molar-refractivity contribution < 1.29 is 13.2 Å². The van der Waals surface area contributed by atoms with Crippen LogP contribution in [0.5, 0.6) is 5.75 Å². The largest absolute Gasteiger partial charge is 0.495 e. The van der Waals surface area contributed by atoms with Gasteiger partial charge in [-0.1, -0.05) is 31.2 Å². The van der Waals surface area contributed by atoms with E-state index in [0.717, 1.165) is 43.3 Å². The molecule has 1 aliphatic heterocycles. The van der Waals surface area contributed by atoms with Crippen LogP contribution in [-0.4, -0.2) is 47.5 Å². The maximum atomic E-state index is 12.4. The predicted octanol–water partition coefficient (Wildman–Crippen LogP) is 2.82. The number of piperazine rings is 1. The van der Waals surface area contributed by atoms with E-state index < -0.39 is 9.84 Å². The van der Waals surface area contributed by atoms with Gasteiger partial charge in [-0.15, -0.1) is 0 Å². The molecular formula is C19H24N2O3S. The molecule has 2 aromatic carbocycles. The molecule has 1 aliphatic rings. The van der Waals surface area contributed by atoms with E-state index in [1.165, 1.54) is 0 Å². The number of benzene rings is 2. The van der Waals surface area contributed by atoms with E-state index in [9.17, 15) is 8.42 Å². The number of hydrogen-bond donors (Lipinski definition) is 0. The van der Waals surface area contributed by atoms with Gasteiger partial charge >= 0.3 is 0 Å². The summed E-state index contributed by atoms with van der Waals surface area (Å²) in [5.41, 5.74) is 1.89. The molecule has 0 atom stereocenters. The highest BCUT2D eigenvalue weighted by atomic mass is 32.2. The minimum atomic E-state index is -3.23. The molecule has 0 N–H and O–H groups in total. The van der Waals surface area contributed by atoms with Crippen molar-refractivity contribution in [3.8, 4) is 5.75 Å². The maximum absolute atomic E-state index is 12.4. The third-order valence-corrected chi connectivity index (χ3v) is 6.40. The molecule has 2 aromatic rings. The molecule has 0 aliphatic carbocycles. The molecular weight excluding hydrogens is 336 g/mol. The van der Waals surface area contributed by atoms with Gasteiger partial charge in [0.15, 0.2) is 9.84 Å². The summed E-state index contributed by atoms with van der Waals surface area (Å²) in [6.45, 7) is 4.87. The molecule has 25 heavy (non-hydrogen) atoms. The SMILES string of the molecule is CCS(=O)(=O)c1ccccc1N1CCN(c2ccccc2OC)CC1. The van der Waals surface area contributed by atoms with Crippen molar-refractivity contribution in [1.82, 2.24) is 0 Å². The van der Waals surface area contributed by atoms with Gasteiger partial charge in [0, 0.05) is 26.2 Å². The monoisotopic (exact) mass is 360 g/mol. The second-order valence-electron chi connectivity index (χ2n) is 6.02. The van der Waals surface area contributed by atoms with Crippen LogP contribution in [-0.2, 0) is 9.84 Å². The number of hydrogen-bond acceptors (Lipinski definition) is 5. The smallest absolute Gasteiger partial charge is 0.180 e.